The van der Waals surface area contributed by atoms with Gasteiger partial charge in [-0.05, 0) is 5.92 Å². The molecule has 1 aliphatic heterocycles. The maximum absolute atomic E-state index is 4.50. The summed E-state index contributed by atoms with van der Waals surface area (Å²) in [6.45, 7) is 8.50. The van der Waals surface area contributed by atoms with Crippen LogP contribution in [0.1, 0.15) is 20.8 Å². The molecule has 1 saturated heterocycles. The van der Waals surface area contributed by atoms with Gasteiger partial charge in [-0.1, -0.05) is 20.8 Å². The number of rotatable bonds is 0. The van der Waals surface area contributed by atoms with Crippen LogP contribution in [0.5, 0.6) is 0 Å². The first kappa shape index (κ1) is 6.96. The lowest BCUT2D eigenvalue weighted by Crippen LogP contribution is -1.66. The van der Waals surface area contributed by atoms with Crippen molar-refractivity contribution in [3.63, 3.8) is 0 Å². The van der Waals surface area contributed by atoms with E-state index in [9.17, 15) is 0 Å². The van der Waals surface area contributed by atoms with Gasteiger partial charge < -0.3 is 4.74 Å². The van der Waals surface area contributed by atoms with Crippen LogP contribution in [0.4, 0.5) is 0 Å². The third-order valence-electron chi connectivity index (χ3n) is 0.204. The summed E-state index contributed by atoms with van der Waals surface area (Å²) in [6, 6.07) is 0. The molecule has 1 aliphatic rings. The van der Waals surface area contributed by atoms with Crippen LogP contribution in [0.15, 0.2) is 0 Å². The molecule has 1 fully saturated rings. The summed E-state index contributed by atoms with van der Waals surface area (Å²) in [4.78, 5) is 0. The van der Waals surface area contributed by atoms with E-state index in [0.29, 0.717) is 0 Å². The van der Waals surface area contributed by atoms with Crippen molar-refractivity contribution in [3.05, 3.63) is 0 Å². The Hall–Kier alpha value is -0.0400. The van der Waals surface area contributed by atoms with Gasteiger partial charge in [0.25, 0.3) is 0 Å². The highest BCUT2D eigenvalue weighted by Gasteiger charge is 1.94. The van der Waals surface area contributed by atoms with Crippen LogP contribution in [-0.2, 0) is 4.74 Å². The molecule has 0 radical (unpaired) electrons. The highest BCUT2D eigenvalue weighted by molar-refractivity contribution is 4.36. The first-order valence-corrected chi connectivity index (χ1v) is 2.81. The Morgan fingerprint density at radius 3 is 1.29 bits per heavy atom. The molecule has 1 heteroatoms. The Kier molecular flexibility index (Phi) is 4.10. The molecule has 0 aromatic carbocycles. The fraction of sp³-hybridized carbons (Fsp3) is 1.00. The summed E-state index contributed by atoms with van der Waals surface area (Å²) in [5.41, 5.74) is 0. The molecule has 0 bridgehead atoms. The average Bonchev–Trinajstić information content (AvgIpc) is 2.02. The van der Waals surface area contributed by atoms with Crippen LogP contribution >= 0.6 is 0 Å². The monoisotopic (exact) mass is 102 g/mol. The fourth-order valence-electron chi connectivity index (χ4n) is 0. The van der Waals surface area contributed by atoms with E-state index in [2.05, 4.69) is 25.5 Å². The van der Waals surface area contributed by atoms with Crippen molar-refractivity contribution >= 4 is 0 Å². The summed E-state index contributed by atoms with van der Waals surface area (Å²) in [5, 5.41) is 0. The highest BCUT2D eigenvalue weighted by atomic mass is 16.6. The van der Waals surface area contributed by atoms with Crippen molar-refractivity contribution in [2.45, 2.75) is 20.8 Å². The zero-order chi connectivity index (χ0) is 5.70. The summed E-state index contributed by atoms with van der Waals surface area (Å²) in [7, 11) is 0. The van der Waals surface area contributed by atoms with Gasteiger partial charge in [0.05, 0.1) is 13.2 Å². The zero-order valence-corrected chi connectivity index (χ0v) is 5.40. The van der Waals surface area contributed by atoms with Gasteiger partial charge in [0.15, 0.2) is 0 Å². The summed E-state index contributed by atoms with van der Waals surface area (Å²) >= 11 is 0. The molecule has 0 spiro atoms. The van der Waals surface area contributed by atoms with E-state index in [0.717, 1.165) is 19.1 Å². The van der Waals surface area contributed by atoms with Crippen LogP contribution in [0, 0.1) is 5.92 Å². The van der Waals surface area contributed by atoms with Gasteiger partial charge in [-0.2, -0.15) is 0 Å². The van der Waals surface area contributed by atoms with Gasteiger partial charge in [-0.3, -0.25) is 0 Å². The third kappa shape index (κ3) is 101. The molecule has 0 amide bonds. The predicted octanol–water partition coefficient (Wildman–Crippen LogP) is 1.68. The van der Waals surface area contributed by atoms with Crippen LogP contribution < -0.4 is 0 Å². The topological polar surface area (TPSA) is 12.5 Å². The van der Waals surface area contributed by atoms with E-state index in [1.165, 1.54) is 0 Å². The van der Waals surface area contributed by atoms with Crippen LogP contribution in [0.25, 0.3) is 0 Å². The second-order valence-electron chi connectivity index (χ2n) is 2.34. The highest BCUT2D eigenvalue weighted by Crippen LogP contribution is 1.84. The molecular formula is C6H14O. The number of epoxide rings is 1. The SMILES string of the molecule is C1CO1.CC(C)C. The van der Waals surface area contributed by atoms with Crippen molar-refractivity contribution in [1.29, 1.82) is 0 Å². The second kappa shape index (κ2) is 4.13. The quantitative estimate of drug-likeness (QED) is 0.424. The molecule has 0 saturated carbocycles. The average molecular weight is 102 g/mol. The molecule has 1 rings (SSSR count). The van der Waals surface area contributed by atoms with Gasteiger partial charge in [-0.25, -0.2) is 0 Å². The number of ether oxygens (including phenoxy) is 1. The Labute approximate surface area is 45.7 Å². The molecule has 44 valence electrons. The van der Waals surface area contributed by atoms with Crippen molar-refractivity contribution in [2.24, 2.45) is 5.92 Å². The Morgan fingerprint density at radius 2 is 1.29 bits per heavy atom. The summed E-state index contributed by atoms with van der Waals surface area (Å²) < 4.78 is 4.50. The van der Waals surface area contributed by atoms with E-state index >= 15 is 0 Å². The van der Waals surface area contributed by atoms with Crippen molar-refractivity contribution in [2.75, 3.05) is 13.2 Å². The van der Waals surface area contributed by atoms with E-state index in [1.807, 2.05) is 0 Å². The Balaban J connectivity index is 0.000000105. The molecule has 0 unspecified atom stereocenters. The molecular weight excluding hydrogens is 88.1 g/mol. The molecule has 0 atom stereocenters. The molecule has 1 heterocycles. The maximum Gasteiger partial charge on any atom is 0.0701 e. The standard InChI is InChI=1S/C4H10.C2H4O/c1-4(2)3;1-2-3-1/h4H,1-3H3;1-2H2. The summed E-state index contributed by atoms with van der Waals surface area (Å²) in [6.07, 6.45) is 0. The zero-order valence-electron chi connectivity index (χ0n) is 5.40. The smallest absolute Gasteiger partial charge is 0.0701 e. The first-order chi connectivity index (χ1) is 3.23. The van der Waals surface area contributed by atoms with E-state index < -0.39 is 0 Å². The Morgan fingerprint density at radius 1 is 1.14 bits per heavy atom. The minimum atomic E-state index is 0.833. The minimum absolute atomic E-state index is 0.833. The first-order valence-electron chi connectivity index (χ1n) is 2.81. The molecule has 0 aromatic heterocycles. The van der Waals surface area contributed by atoms with E-state index in [-0.39, 0.29) is 0 Å². The molecule has 0 aliphatic carbocycles. The number of hydrogen-bond acceptors (Lipinski definition) is 1. The summed E-state index contributed by atoms with van der Waals surface area (Å²) in [5.74, 6) is 0.833. The van der Waals surface area contributed by atoms with Crippen molar-refractivity contribution in [1.82, 2.24) is 0 Å². The van der Waals surface area contributed by atoms with E-state index in [4.69, 9.17) is 0 Å². The van der Waals surface area contributed by atoms with Gasteiger partial charge in [0.2, 0.25) is 0 Å². The predicted molar refractivity (Wildman–Crippen MR) is 31.3 cm³/mol. The van der Waals surface area contributed by atoms with Crippen LogP contribution in [0.3, 0.4) is 0 Å². The van der Waals surface area contributed by atoms with Crippen molar-refractivity contribution in [3.8, 4) is 0 Å². The third-order valence-corrected chi connectivity index (χ3v) is 0.204. The van der Waals surface area contributed by atoms with Crippen LogP contribution in [-0.4, -0.2) is 13.2 Å². The lowest BCUT2D eigenvalue weighted by atomic mass is 10.3. The van der Waals surface area contributed by atoms with Gasteiger partial charge >= 0.3 is 0 Å². The van der Waals surface area contributed by atoms with Gasteiger partial charge in [0, 0.05) is 0 Å². The lowest BCUT2D eigenvalue weighted by Gasteiger charge is -1.79. The van der Waals surface area contributed by atoms with Crippen molar-refractivity contribution < 1.29 is 4.74 Å². The molecule has 7 heavy (non-hydrogen) atoms. The maximum atomic E-state index is 4.50. The molecule has 0 aromatic rings. The second-order valence-corrected chi connectivity index (χ2v) is 2.34. The van der Waals surface area contributed by atoms with Gasteiger partial charge in [0.1, 0.15) is 0 Å². The van der Waals surface area contributed by atoms with E-state index in [1.54, 1.807) is 0 Å². The molecule has 1 nitrogen and oxygen atoms in total. The lowest BCUT2D eigenvalue weighted by molar-refractivity contribution is 0.475. The number of hydrogen-bond donors (Lipinski definition) is 0. The Bertz CT molecular complexity index is 25.7. The normalized spacial score (nSPS) is 15.4. The minimum Gasteiger partial charge on any atom is -0.377 e. The largest absolute Gasteiger partial charge is 0.377 e. The van der Waals surface area contributed by atoms with Crippen LogP contribution in [0.2, 0.25) is 0 Å². The van der Waals surface area contributed by atoms with Gasteiger partial charge in [-0.15, -0.1) is 0 Å². The molecule has 0 N–H and O–H groups in total. The fourth-order valence-corrected chi connectivity index (χ4v) is 0.